The lowest BCUT2D eigenvalue weighted by Gasteiger charge is -2.36. The third-order valence-corrected chi connectivity index (χ3v) is 10.1. The van der Waals surface area contributed by atoms with E-state index in [1.807, 2.05) is 30.9 Å². The van der Waals surface area contributed by atoms with Crippen molar-refractivity contribution >= 4 is 62.1 Å². The number of alkyl halides is 3. The first kappa shape index (κ1) is 35.8. The Morgan fingerprint density at radius 3 is 2.49 bits per heavy atom. The summed E-state index contributed by atoms with van der Waals surface area (Å²) in [7, 11) is 0. The minimum absolute atomic E-state index is 0.0268. The molecule has 0 spiro atoms. The van der Waals surface area contributed by atoms with Gasteiger partial charge >= 0.3 is 6.18 Å². The Balaban J connectivity index is 1.27. The SMILES string of the molecule is CCc1c(N2CCN(C(=O)c3ncnc(C)c3O)CC2)c(=O)n2nc(-c3ccc4nc(C)sc4c3)nc2n1CC(=O)Nc1ccc(C(F)(F)F)cc1Cl. The molecule has 0 unspecified atom stereocenters. The number of aromatic hydroxyl groups is 1. The van der Waals surface area contributed by atoms with Gasteiger partial charge in [-0.25, -0.2) is 15.0 Å². The molecule has 2 aromatic carbocycles. The topological polar surface area (TPSA) is 164 Å². The molecule has 1 fully saturated rings. The number of thiazole rings is 1. The van der Waals surface area contributed by atoms with Crippen LogP contribution in [0.15, 0.2) is 47.5 Å². The molecule has 0 atom stereocenters. The Morgan fingerprint density at radius 2 is 1.79 bits per heavy atom. The van der Waals surface area contributed by atoms with Crippen molar-refractivity contribution in [3.05, 3.63) is 85.8 Å². The molecule has 5 heterocycles. The average Bonchev–Trinajstić information content (AvgIpc) is 3.74. The van der Waals surface area contributed by atoms with E-state index in [1.165, 1.54) is 22.6 Å². The maximum Gasteiger partial charge on any atom is 0.416 e. The molecule has 2 amide bonds. The molecule has 1 aliphatic rings. The van der Waals surface area contributed by atoms with Gasteiger partial charge in [0.05, 0.1) is 42.9 Å². The summed E-state index contributed by atoms with van der Waals surface area (Å²) in [6.45, 7) is 5.69. The van der Waals surface area contributed by atoms with Gasteiger partial charge in [0.15, 0.2) is 17.3 Å². The lowest BCUT2D eigenvalue weighted by Crippen LogP contribution is -2.51. The molecule has 0 bridgehead atoms. The Morgan fingerprint density at radius 1 is 1.04 bits per heavy atom. The van der Waals surface area contributed by atoms with Gasteiger partial charge in [0.25, 0.3) is 11.5 Å². The van der Waals surface area contributed by atoms with Crippen molar-refractivity contribution in [3.63, 3.8) is 0 Å². The molecule has 53 heavy (non-hydrogen) atoms. The minimum Gasteiger partial charge on any atom is -0.504 e. The van der Waals surface area contributed by atoms with E-state index in [0.29, 0.717) is 11.3 Å². The maximum absolute atomic E-state index is 14.3. The Hall–Kier alpha value is -5.62. The monoisotopic (exact) mass is 766 g/mol. The molecular formula is C34H30ClF3N10O4S. The van der Waals surface area contributed by atoms with Crippen LogP contribution < -0.4 is 15.8 Å². The molecule has 14 nitrogen and oxygen atoms in total. The van der Waals surface area contributed by atoms with E-state index in [-0.39, 0.29) is 77.7 Å². The van der Waals surface area contributed by atoms with Gasteiger partial charge in [-0.3, -0.25) is 14.4 Å². The highest BCUT2D eigenvalue weighted by atomic mass is 35.5. The van der Waals surface area contributed by atoms with E-state index >= 15 is 0 Å². The van der Waals surface area contributed by atoms with Crippen molar-refractivity contribution in [3.8, 4) is 17.1 Å². The van der Waals surface area contributed by atoms with E-state index in [1.54, 1.807) is 17.6 Å². The molecule has 0 aliphatic carbocycles. The number of benzene rings is 2. The summed E-state index contributed by atoms with van der Waals surface area (Å²) in [6.07, 6.45) is -3.14. The first-order chi connectivity index (χ1) is 25.2. The standard InChI is InChI=1S/C34H30ClF3N10O4S/c1-4-24-28(45-9-11-46(12-10-45)31(51)27-29(50)17(2)39-16-40-27)32(52)48-33(43-30(44-48)19-5-7-23-25(13-19)53-18(3)41-23)47(24)15-26(49)42-22-8-6-20(14-21(22)35)34(36,37)38/h5-8,13-14,16,50H,4,9-12,15H2,1-3H3,(H,42,49). The molecule has 4 aromatic heterocycles. The summed E-state index contributed by atoms with van der Waals surface area (Å²) in [6, 6.07) is 8.12. The molecule has 6 aromatic rings. The van der Waals surface area contributed by atoms with Crippen LogP contribution in [0.5, 0.6) is 5.75 Å². The van der Waals surface area contributed by atoms with Crippen LogP contribution in [0.1, 0.15) is 39.4 Å². The quantitative estimate of drug-likeness (QED) is 0.223. The summed E-state index contributed by atoms with van der Waals surface area (Å²) in [4.78, 5) is 61.6. The lowest BCUT2D eigenvalue weighted by atomic mass is 10.2. The van der Waals surface area contributed by atoms with Crippen LogP contribution in [0.3, 0.4) is 0 Å². The number of halogens is 4. The van der Waals surface area contributed by atoms with Crippen LogP contribution in [0.25, 0.3) is 27.4 Å². The van der Waals surface area contributed by atoms with Gasteiger partial charge < -0.3 is 24.8 Å². The third-order valence-electron chi connectivity index (χ3n) is 8.88. The number of piperazine rings is 1. The second-order valence-electron chi connectivity index (χ2n) is 12.3. The fourth-order valence-electron chi connectivity index (χ4n) is 6.26. The van der Waals surface area contributed by atoms with E-state index < -0.39 is 35.7 Å². The van der Waals surface area contributed by atoms with Crippen LogP contribution in [0, 0.1) is 13.8 Å². The maximum atomic E-state index is 14.3. The molecular weight excluding hydrogens is 737 g/mol. The van der Waals surface area contributed by atoms with Crippen molar-refractivity contribution in [1.29, 1.82) is 0 Å². The summed E-state index contributed by atoms with van der Waals surface area (Å²) in [5.74, 6) is -1.12. The highest BCUT2D eigenvalue weighted by Gasteiger charge is 2.32. The van der Waals surface area contributed by atoms with E-state index in [9.17, 15) is 32.7 Å². The van der Waals surface area contributed by atoms with Gasteiger partial charge in [-0.15, -0.1) is 16.4 Å². The Kier molecular flexibility index (Phi) is 9.27. The van der Waals surface area contributed by atoms with Crippen LogP contribution in [0.2, 0.25) is 5.02 Å². The third kappa shape index (κ3) is 6.74. The Labute approximate surface area is 307 Å². The molecule has 0 radical (unpaired) electrons. The highest BCUT2D eigenvalue weighted by Crippen LogP contribution is 2.34. The second-order valence-corrected chi connectivity index (χ2v) is 13.9. The molecule has 1 saturated heterocycles. The van der Waals surface area contributed by atoms with Crippen LogP contribution in [-0.2, 0) is 23.9 Å². The summed E-state index contributed by atoms with van der Waals surface area (Å²) in [5.41, 5.74) is 0.785. The van der Waals surface area contributed by atoms with Gasteiger partial charge in [-0.2, -0.15) is 22.7 Å². The zero-order chi connectivity index (χ0) is 37.8. The smallest absolute Gasteiger partial charge is 0.416 e. The highest BCUT2D eigenvalue weighted by molar-refractivity contribution is 7.18. The fraction of sp³-hybridized carbons (Fsp3) is 0.294. The van der Waals surface area contributed by atoms with Gasteiger partial charge in [0.1, 0.15) is 18.6 Å². The number of amides is 2. The van der Waals surface area contributed by atoms with E-state index in [0.717, 1.165) is 37.9 Å². The predicted molar refractivity (Wildman–Crippen MR) is 192 cm³/mol. The van der Waals surface area contributed by atoms with Gasteiger partial charge in [0, 0.05) is 31.7 Å². The summed E-state index contributed by atoms with van der Waals surface area (Å²) < 4.78 is 43.3. The van der Waals surface area contributed by atoms with Gasteiger partial charge in [-0.1, -0.05) is 18.5 Å². The van der Waals surface area contributed by atoms with Crippen molar-refractivity contribution < 1.29 is 27.9 Å². The van der Waals surface area contributed by atoms with E-state index in [4.69, 9.17) is 16.6 Å². The number of carbonyl (C=O) groups excluding carboxylic acids is 2. The van der Waals surface area contributed by atoms with E-state index in [2.05, 4.69) is 25.4 Å². The van der Waals surface area contributed by atoms with Crippen molar-refractivity contribution in [2.24, 2.45) is 0 Å². The number of nitrogens with zero attached hydrogens (tertiary/aromatic N) is 9. The van der Waals surface area contributed by atoms with Gasteiger partial charge in [-0.05, 0) is 56.7 Å². The number of rotatable bonds is 7. The van der Waals surface area contributed by atoms with Crippen molar-refractivity contribution in [2.45, 2.75) is 39.9 Å². The number of anilines is 2. The molecule has 0 saturated carbocycles. The molecule has 7 rings (SSSR count). The second kappa shape index (κ2) is 13.7. The first-order valence-corrected chi connectivity index (χ1v) is 17.5. The Bertz CT molecular complexity index is 2490. The molecule has 274 valence electrons. The molecule has 1 aliphatic heterocycles. The number of aryl methyl sites for hydroxylation is 2. The first-order valence-electron chi connectivity index (χ1n) is 16.3. The number of nitrogens with one attached hydrogen (secondary N) is 1. The molecule has 2 N–H and O–H groups in total. The fourth-order valence-corrected chi connectivity index (χ4v) is 7.36. The number of aromatic nitrogens is 7. The predicted octanol–water partition coefficient (Wildman–Crippen LogP) is 5.12. The summed E-state index contributed by atoms with van der Waals surface area (Å²) >= 11 is 7.63. The normalized spacial score (nSPS) is 13.6. The van der Waals surface area contributed by atoms with Crippen LogP contribution in [-0.4, -0.2) is 82.1 Å². The summed E-state index contributed by atoms with van der Waals surface area (Å²) in [5, 5.41) is 18.1. The molecule has 19 heteroatoms. The number of carbonyl (C=O) groups is 2. The number of hydrogen-bond donors (Lipinski definition) is 2. The van der Waals surface area contributed by atoms with Crippen LogP contribution >= 0.6 is 22.9 Å². The minimum atomic E-state index is -4.62. The van der Waals surface area contributed by atoms with Crippen molar-refractivity contribution in [2.75, 3.05) is 36.4 Å². The largest absolute Gasteiger partial charge is 0.504 e. The van der Waals surface area contributed by atoms with Crippen LogP contribution in [0.4, 0.5) is 24.5 Å². The number of hydrogen-bond acceptors (Lipinski definition) is 11. The average molecular weight is 767 g/mol. The van der Waals surface area contributed by atoms with Crippen molar-refractivity contribution in [1.82, 2.24) is 39.0 Å². The lowest BCUT2D eigenvalue weighted by molar-refractivity contribution is -0.137. The zero-order valence-electron chi connectivity index (χ0n) is 28.4. The van der Waals surface area contributed by atoms with Gasteiger partial charge in [0.2, 0.25) is 11.7 Å². The zero-order valence-corrected chi connectivity index (χ0v) is 30.0. The number of fused-ring (bicyclic) bond motifs is 2.